The van der Waals surface area contributed by atoms with Crippen molar-refractivity contribution in [3.05, 3.63) is 47.5 Å². The van der Waals surface area contributed by atoms with Crippen LogP contribution in [0.4, 0.5) is 22.7 Å². The Hall–Kier alpha value is -2.44. The van der Waals surface area contributed by atoms with Gasteiger partial charge in [-0.2, -0.15) is 0 Å². The highest BCUT2D eigenvalue weighted by atomic mass is 16.3. The number of benzene rings is 2. The molecule has 0 saturated heterocycles. The third-order valence-corrected chi connectivity index (χ3v) is 2.89. The van der Waals surface area contributed by atoms with Gasteiger partial charge in [-0.1, -0.05) is 0 Å². The quantitative estimate of drug-likeness (QED) is 0.460. The molecule has 6 nitrogen and oxygen atoms in total. The fourth-order valence-corrected chi connectivity index (χ4v) is 1.73. The van der Waals surface area contributed by atoms with Crippen molar-refractivity contribution >= 4 is 22.7 Å². The zero-order valence-electron chi connectivity index (χ0n) is 11.8. The first-order valence-electron chi connectivity index (χ1n) is 6.47. The minimum atomic E-state index is -0.0587. The van der Waals surface area contributed by atoms with Crippen molar-refractivity contribution in [3.63, 3.8) is 0 Å². The van der Waals surface area contributed by atoms with E-state index in [-0.39, 0.29) is 13.2 Å². The molecular weight excluding hydrogens is 268 g/mol. The summed E-state index contributed by atoms with van der Waals surface area (Å²) in [7, 11) is 0. The summed E-state index contributed by atoms with van der Waals surface area (Å²) in [5.74, 6) is 0. The van der Waals surface area contributed by atoms with Crippen LogP contribution in [-0.4, -0.2) is 16.8 Å². The average Bonchev–Trinajstić information content (AvgIpc) is 2.46. The van der Waals surface area contributed by atoms with Gasteiger partial charge in [0, 0.05) is 34.9 Å². The molecule has 0 aliphatic rings. The van der Waals surface area contributed by atoms with E-state index < -0.39 is 0 Å². The van der Waals surface area contributed by atoms with Crippen LogP contribution < -0.4 is 22.9 Å². The first-order chi connectivity index (χ1) is 9.97. The molecule has 0 unspecified atom stereocenters. The SMILES string of the molecule is Nc1ccc(N)c(CCO)c1.Nc1ccc(N)c(CO)c1. The number of anilines is 4. The number of nitrogens with two attached hydrogens (primary N) is 4. The summed E-state index contributed by atoms with van der Waals surface area (Å²) in [6, 6.07) is 10.3. The van der Waals surface area contributed by atoms with E-state index in [4.69, 9.17) is 33.1 Å². The van der Waals surface area contributed by atoms with E-state index in [9.17, 15) is 0 Å². The molecule has 0 spiro atoms. The largest absolute Gasteiger partial charge is 0.399 e. The molecule has 0 aliphatic carbocycles. The Morgan fingerprint density at radius 1 is 0.714 bits per heavy atom. The summed E-state index contributed by atoms with van der Waals surface area (Å²) >= 11 is 0. The number of hydrogen-bond acceptors (Lipinski definition) is 6. The monoisotopic (exact) mass is 290 g/mol. The van der Waals surface area contributed by atoms with Gasteiger partial charge in [0.05, 0.1) is 6.61 Å². The molecule has 2 rings (SSSR count). The molecule has 0 bridgehead atoms. The van der Waals surface area contributed by atoms with Gasteiger partial charge in [0.2, 0.25) is 0 Å². The number of aliphatic hydroxyl groups excluding tert-OH is 2. The molecule has 6 heteroatoms. The Labute approximate surface area is 124 Å². The maximum atomic E-state index is 8.71. The highest BCUT2D eigenvalue weighted by molar-refractivity contribution is 5.55. The van der Waals surface area contributed by atoms with Gasteiger partial charge >= 0.3 is 0 Å². The lowest BCUT2D eigenvalue weighted by Gasteiger charge is -2.03. The molecular formula is C15H22N4O2. The van der Waals surface area contributed by atoms with E-state index in [1.165, 1.54) is 0 Å². The second-order valence-electron chi connectivity index (χ2n) is 4.55. The zero-order valence-corrected chi connectivity index (χ0v) is 11.8. The van der Waals surface area contributed by atoms with Gasteiger partial charge < -0.3 is 33.1 Å². The summed E-state index contributed by atoms with van der Waals surface area (Å²) in [6.07, 6.45) is 0.566. The summed E-state index contributed by atoms with van der Waals surface area (Å²) in [6.45, 7) is 0.0462. The van der Waals surface area contributed by atoms with Gasteiger partial charge in [-0.25, -0.2) is 0 Å². The Bertz CT molecular complexity index is 588. The molecule has 0 fully saturated rings. The molecule has 0 heterocycles. The zero-order chi connectivity index (χ0) is 15.8. The molecule has 114 valence electrons. The van der Waals surface area contributed by atoms with Crippen molar-refractivity contribution < 1.29 is 10.2 Å². The molecule has 21 heavy (non-hydrogen) atoms. The first-order valence-corrected chi connectivity index (χ1v) is 6.47. The Kier molecular flexibility index (Phi) is 6.32. The van der Waals surface area contributed by atoms with Gasteiger partial charge in [-0.15, -0.1) is 0 Å². The molecule has 10 N–H and O–H groups in total. The second-order valence-corrected chi connectivity index (χ2v) is 4.55. The molecule has 0 aromatic heterocycles. The van der Waals surface area contributed by atoms with Crippen molar-refractivity contribution in [2.75, 3.05) is 29.5 Å². The molecule has 2 aromatic rings. The highest BCUT2D eigenvalue weighted by Crippen LogP contribution is 2.15. The molecule has 0 radical (unpaired) electrons. The number of rotatable bonds is 3. The predicted octanol–water partition coefficient (Wildman–Crippen LogP) is 0.729. The van der Waals surface area contributed by atoms with Crippen molar-refractivity contribution in [1.29, 1.82) is 0 Å². The van der Waals surface area contributed by atoms with Gasteiger partial charge in [-0.3, -0.25) is 0 Å². The summed E-state index contributed by atoms with van der Waals surface area (Å²) in [5.41, 5.74) is 26.2. The van der Waals surface area contributed by atoms with Crippen LogP contribution in [0.5, 0.6) is 0 Å². The van der Waals surface area contributed by atoms with Crippen LogP contribution in [0.2, 0.25) is 0 Å². The summed E-state index contributed by atoms with van der Waals surface area (Å²) < 4.78 is 0. The Balaban J connectivity index is 0.000000211. The second kappa shape index (κ2) is 7.98. The van der Waals surface area contributed by atoms with Crippen LogP contribution in [0.15, 0.2) is 36.4 Å². The minimum absolute atomic E-state index is 0.0587. The number of aliphatic hydroxyl groups is 2. The highest BCUT2D eigenvalue weighted by Gasteiger charge is 1.97. The molecule has 0 aliphatic heterocycles. The van der Waals surface area contributed by atoms with Crippen molar-refractivity contribution in [2.45, 2.75) is 13.0 Å². The van der Waals surface area contributed by atoms with E-state index in [2.05, 4.69) is 0 Å². The van der Waals surface area contributed by atoms with Crippen LogP contribution in [-0.2, 0) is 13.0 Å². The topological polar surface area (TPSA) is 145 Å². The Morgan fingerprint density at radius 3 is 1.62 bits per heavy atom. The van der Waals surface area contributed by atoms with Crippen LogP contribution in [0.3, 0.4) is 0 Å². The van der Waals surface area contributed by atoms with Crippen molar-refractivity contribution in [1.82, 2.24) is 0 Å². The lowest BCUT2D eigenvalue weighted by atomic mass is 10.1. The number of nitrogen functional groups attached to an aromatic ring is 4. The maximum absolute atomic E-state index is 8.71. The predicted molar refractivity (Wildman–Crippen MR) is 87.2 cm³/mol. The smallest absolute Gasteiger partial charge is 0.0702 e. The summed E-state index contributed by atoms with van der Waals surface area (Å²) in [4.78, 5) is 0. The van der Waals surface area contributed by atoms with E-state index in [1.807, 2.05) is 0 Å². The van der Waals surface area contributed by atoms with E-state index in [1.54, 1.807) is 36.4 Å². The van der Waals surface area contributed by atoms with Crippen LogP contribution in [0, 0.1) is 0 Å². The van der Waals surface area contributed by atoms with Crippen molar-refractivity contribution in [3.8, 4) is 0 Å². The van der Waals surface area contributed by atoms with Crippen LogP contribution in [0.25, 0.3) is 0 Å². The van der Waals surface area contributed by atoms with Crippen LogP contribution in [0.1, 0.15) is 11.1 Å². The van der Waals surface area contributed by atoms with Gasteiger partial charge in [0.25, 0.3) is 0 Å². The third kappa shape index (κ3) is 5.21. The lowest BCUT2D eigenvalue weighted by molar-refractivity contribution is 0.282. The fourth-order valence-electron chi connectivity index (χ4n) is 1.73. The maximum Gasteiger partial charge on any atom is 0.0702 e. The molecule has 2 aromatic carbocycles. The minimum Gasteiger partial charge on any atom is -0.399 e. The molecule has 0 saturated carbocycles. The van der Waals surface area contributed by atoms with E-state index in [0.29, 0.717) is 34.7 Å². The van der Waals surface area contributed by atoms with Gasteiger partial charge in [0.15, 0.2) is 0 Å². The van der Waals surface area contributed by atoms with Crippen LogP contribution >= 0.6 is 0 Å². The van der Waals surface area contributed by atoms with Crippen molar-refractivity contribution in [2.24, 2.45) is 0 Å². The van der Waals surface area contributed by atoms with Gasteiger partial charge in [-0.05, 0) is 48.4 Å². The fraction of sp³-hybridized carbons (Fsp3) is 0.200. The summed E-state index contributed by atoms with van der Waals surface area (Å²) in [5, 5.41) is 17.3. The molecule has 0 atom stereocenters. The first kappa shape index (κ1) is 16.6. The van der Waals surface area contributed by atoms with E-state index >= 15 is 0 Å². The molecule has 0 amide bonds. The normalized spacial score (nSPS) is 9.81. The average molecular weight is 290 g/mol. The third-order valence-electron chi connectivity index (χ3n) is 2.89. The number of hydrogen-bond donors (Lipinski definition) is 6. The van der Waals surface area contributed by atoms with E-state index in [0.717, 1.165) is 5.56 Å². The van der Waals surface area contributed by atoms with Gasteiger partial charge in [0.1, 0.15) is 0 Å². The lowest BCUT2D eigenvalue weighted by Crippen LogP contribution is -1.98. The standard InChI is InChI=1S/C8H12N2O.C7H10N2O/c9-7-1-2-8(10)6(5-7)3-4-11;8-6-1-2-7(9)5(3-6)4-10/h1-2,5,11H,3-4,9-10H2;1-3,10H,4,8-9H2. The Morgan fingerprint density at radius 2 is 1.19 bits per heavy atom.